The fraction of sp³-hybridized carbons (Fsp3) is 0.321. The number of rotatable bonds is 10. The van der Waals surface area contributed by atoms with Gasteiger partial charge in [0, 0.05) is 10.0 Å². The van der Waals surface area contributed by atoms with Crippen LogP contribution < -0.4 is 9.47 Å². The molecule has 2 aromatic carbocycles. The number of nitrogens with zero attached hydrogens (tertiary/aromatic N) is 1. The molecule has 3 aromatic rings. The average Bonchev–Trinajstić information content (AvgIpc) is 2.83. The zero-order valence-corrected chi connectivity index (χ0v) is 24.6. The first-order chi connectivity index (χ1) is 17.7. The summed E-state index contributed by atoms with van der Waals surface area (Å²) >= 11 is 7.09. The van der Waals surface area contributed by atoms with Gasteiger partial charge in [-0.15, -0.1) is 0 Å². The van der Waals surface area contributed by atoms with Gasteiger partial charge in [-0.1, -0.05) is 28.1 Å². The van der Waals surface area contributed by atoms with Gasteiger partial charge < -0.3 is 18.9 Å². The number of halogens is 2. The third kappa shape index (κ3) is 6.70. The summed E-state index contributed by atoms with van der Waals surface area (Å²) in [5.41, 5.74) is 3.21. The number of carbonyl (C=O) groups is 2. The van der Waals surface area contributed by atoms with Crippen LogP contribution in [0, 0.1) is 13.8 Å². The van der Waals surface area contributed by atoms with Crippen molar-refractivity contribution in [3.8, 4) is 22.6 Å². The topological polar surface area (TPSA) is 84.0 Å². The van der Waals surface area contributed by atoms with Gasteiger partial charge >= 0.3 is 11.9 Å². The van der Waals surface area contributed by atoms with Crippen LogP contribution in [0.2, 0.25) is 0 Å². The van der Waals surface area contributed by atoms with Gasteiger partial charge in [-0.25, -0.2) is 9.59 Å². The number of aromatic nitrogens is 1. The summed E-state index contributed by atoms with van der Waals surface area (Å²) in [6.45, 7) is 9.79. The zero-order valence-electron chi connectivity index (χ0n) is 21.4. The van der Waals surface area contributed by atoms with E-state index in [4.69, 9.17) is 18.9 Å². The lowest BCUT2D eigenvalue weighted by Crippen LogP contribution is -2.17. The summed E-state index contributed by atoms with van der Waals surface area (Å²) in [5, 5.41) is 0. The van der Waals surface area contributed by atoms with Crippen molar-refractivity contribution in [2.24, 2.45) is 0 Å². The standard InChI is InChI=1S/C28H29Br2NO6/c1-6-34-22-14-19(13-21(30)26(22)37-15-18-10-9-11-20(29)12-18)25-23(27(32)35-7-2)16(4)31-17(5)24(25)28(33)36-8-3/h9-14H,6-8,15H2,1-5H3. The normalized spacial score (nSPS) is 10.7. The molecule has 1 aromatic heterocycles. The second-order valence-electron chi connectivity index (χ2n) is 7.99. The highest BCUT2D eigenvalue weighted by Crippen LogP contribution is 2.43. The molecular weight excluding hydrogens is 606 g/mol. The van der Waals surface area contributed by atoms with Crippen molar-refractivity contribution in [3.05, 3.63) is 73.4 Å². The van der Waals surface area contributed by atoms with E-state index in [1.165, 1.54) is 0 Å². The van der Waals surface area contributed by atoms with Crippen molar-refractivity contribution in [2.75, 3.05) is 19.8 Å². The molecule has 0 radical (unpaired) electrons. The molecule has 0 N–H and O–H groups in total. The van der Waals surface area contributed by atoms with Gasteiger partial charge in [0.05, 0.1) is 46.8 Å². The Morgan fingerprint density at radius 3 is 2.00 bits per heavy atom. The van der Waals surface area contributed by atoms with E-state index in [0.29, 0.717) is 51.7 Å². The number of hydrogen-bond acceptors (Lipinski definition) is 7. The summed E-state index contributed by atoms with van der Waals surface area (Å²) < 4.78 is 24.3. The number of aryl methyl sites for hydroxylation is 2. The van der Waals surface area contributed by atoms with Gasteiger partial charge in [0.2, 0.25) is 0 Å². The van der Waals surface area contributed by atoms with E-state index in [2.05, 4.69) is 36.8 Å². The molecule has 0 saturated carbocycles. The predicted molar refractivity (Wildman–Crippen MR) is 148 cm³/mol. The Morgan fingerprint density at radius 2 is 1.46 bits per heavy atom. The van der Waals surface area contributed by atoms with E-state index in [-0.39, 0.29) is 24.3 Å². The van der Waals surface area contributed by atoms with E-state index in [0.717, 1.165) is 10.0 Å². The fourth-order valence-corrected chi connectivity index (χ4v) is 4.95. The summed E-state index contributed by atoms with van der Waals surface area (Å²) in [5.74, 6) is -0.184. The van der Waals surface area contributed by atoms with Crippen LogP contribution in [0.25, 0.3) is 11.1 Å². The van der Waals surface area contributed by atoms with E-state index < -0.39 is 11.9 Å². The number of carbonyl (C=O) groups excluding carboxylic acids is 2. The first-order valence-electron chi connectivity index (χ1n) is 11.9. The van der Waals surface area contributed by atoms with Crippen molar-refractivity contribution < 1.29 is 28.5 Å². The van der Waals surface area contributed by atoms with Crippen LogP contribution in [0.3, 0.4) is 0 Å². The maximum Gasteiger partial charge on any atom is 0.340 e. The second-order valence-corrected chi connectivity index (χ2v) is 9.76. The van der Waals surface area contributed by atoms with Crippen LogP contribution in [-0.2, 0) is 16.1 Å². The molecule has 9 heteroatoms. The number of benzene rings is 2. The van der Waals surface area contributed by atoms with Crippen LogP contribution in [0.5, 0.6) is 11.5 Å². The lowest BCUT2D eigenvalue weighted by Gasteiger charge is -2.20. The molecule has 0 spiro atoms. The Hall–Kier alpha value is -2.91. The van der Waals surface area contributed by atoms with Crippen LogP contribution in [0.4, 0.5) is 0 Å². The van der Waals surface area contributed by atoms with E-state index >= 15 is 0 Å². The molecule has 0 amide bonds. The van der Waals surface area contributed by atoms with Crippen LogP contribution in [-0.4, -0.2) is 36.7 Å². The Labute approximate surface area is 233 Å². The molecule has 0 aliphatic carbocycles. The molecule has 0 bridgehead atoms. The molecule has 196 valence electrons. The first-order valence-corrected chi connectivity index (χ1v) is 13.5. The van der Waals surface area contributed by atoms with Gasteiger partial charge in [0.15, 0.2) is 11.5 Å². The molecule has 0 saturated heterocycles. The smallest absolute Gasteiger partial charge is 0.340 e. The van der Waals surface area contributed by atoms with Crippen molar-refractivity contribution in [3.63, 3.8) is 0 Å². The third-order valence-corrected chi connectivity index (χ3v) is 6.47. The van der Waals surface area contributed by atoms with Crippen molar-refractivity contribution in [2.45, 2.75) is 41.2 Å². The van der Waals surface area contributed by atoms with Crippen LogP contribution >= 0.6 is 31.9 Å². The minimum atomic E-state index is -0.572. The summed E-state index contributed by atoms with van der Waals surface area (Å²) in [7, 11) is 0. The van der Waals surface area contributed by atoms with Crippen molar-refractivity contribution >= 4 is 43.8 Å². The minimum absolute atomic E-state index is 0.177. The molecule has 0 atom stereocenters. The Bertz CT molecular complexity index is 1270. The quantitative estimate of drug-likeness (QED) is 0.218. The second kappa shape index (κ2) is 13.1. The SMILES string of the molecule is CCOC(=O)c1c(C)nc(C)c(C(=O)OCC)c1-c1cc(Br)c(OCc2cccc(Br)c2)c(OCC)c1. The Balaban J connectivity index is 2.22. The lowest BCUT2D eigenvalue weighted by atomic mass is 9.92. The van der Waals surface area contributed by atoms with E-state index in [1.807, 2.05) is 31.2 Å². The molecular formula is C28H29Br2NO6. The van der Waals surface area contributed by atoms with Gasteiger partial charge in [0.1, 0.15) is 6.61 Å². The van der Waals surface area contributed by atoms with Gasteiger partial charge in [0.25, 0.3) is 0 Å². The van der Waals surface area contributed by atoms with Crippen LogP contribution in [0.15, 0.2) is 45.3 Å². The Kier molecular flexibility index (Phi) is 10.1. The monoisotopic (exact) mass is 633 g/mol. The number of hydrogen-bond donors (Lipinski definition) is 0. The zero-order chi connectivity index (χ0) is 27.1. The lowest BCUT2D eigenvalue weighted by molar-refractivity contribution is 0.0525. The van der Waals surface area contributed by atoms with E-state index in [1.54, 1.807) is 39.8 Å². The Morgan fingerprint density at radius 1 is 0.838 bits per heavy atom. The van der Waals surface area contributed by atoms with Crippen molar-refractivity contribution in [1.82, 2.24) is 4.98 Å². The largest absolute Gasteiger partial charge is 0.490 e. The van der Waals surface area contributed by atoms with Crippen molar-refractivity contribution in [1.29, 1.82) is 0 Å². The molecule has 3 rings (SSSR count). The summed E-state index contributed by atoms with van der Waals surface area (Å²) in [4.78, 5) is 30.6. The predicted octanol–water partition coefficient (Wildman–Crippen LogP) is 7.22. The number of pyridine rings is 1. The molecule has 0 aliphatic heterocycles. The summed E-state index contributed by atoms with van der Waals surface area (Å²) in [6.07, 6.45) is 0. The highest BCUT2D eigenvalue weighted by atomic mass is 79.9. The maximum absolute atomic E-state index is 13.1. The third-order valence-electron chi connectivity index (χ3n) is 5.39. The molecule has 0 fully saturated rings. The molecule has 0 aliphatic rings. The first kappa shape index (κ1) is 28.7. The highest BCUT2D eigenvalue weighted by molar-refractivity contribution is 9.10. The molecule has 7 nitrogen and oxygen atoms in total. The number of esters is 2. The summed E-state index contributed by atoms with van der Waals surface area (Å²) in [6, 6.07) is 11.4. The molecule has 1 heterocycles. The number of ether oxygens (including phenoxy) is 4. The van der Waals surface area contributed by atoms with Gasteiger partial charge in [-0.05, 0) is 85.9 Å². The minimum Gasteiger partial charge on any atom is -0.490 e. The average molecular weight is 635 g/mol. The fourth-order valence-electron chi connectivity index (χ4n) is 3.94. The molecule has 37 heavy (non-hydrogen) atoms. The molecule has 0 unspecified atom stereocenters. The van der Waals surface area contributed by atoms with Crippen LogP contribution in [0.1, 0.15) is 58.4 Å². The maximum atomic E-state index is 13.1. The van der Waals surface area contributed by atoms with Gasteiger partial charge in [-0.2, -0.15) is 0 Å². The highest BCUT2D eigenvalue weighted by Gasteiger charge is 2.29. The van der Waals surface area contributed by atoms with Gasteiger partial charge in [-0.3, -0.25) is 4.98 Å². The van der Waals surface area contributed by atoms with E-state index in [9.17, 15) is 9.59 Å².